The van der Waals surface area contributed by atoms with Crippen LogP contribution in [0.2, 0.25) is 10.0 Å². The van der Waals surface area contributed by atoms with Crippen molar-refractivity contribution in [3.8, 4) is 5.75 Å². The van der Waals surface area contributed by atoms with Crippen molar-refractivity contribution in [2.45, 2.75) is 31.9 Å². The summed E-state index contributed by atoms with van der Waals surface area (Å²) < 4.78 is 10.2. The van der Waals surface area contributed by atoms with Gasteiger partial charge >= 0.3 is 12.2 Å². The lowest BCUT2D eigenvalue weighted by Gasteiger charge is -2.31. The molecule has 0 bridgehead atoms. The molecule has 1 atom stereocenters. The van der Waals surface area contributed by atoms with Crippen LogP contribution in [0.3, 0.4) is 0 Å². The molecular weight excluding hydrogens is 459 g/mol. The molecule has 1 aliphatic heterocycles. The Morgan fingerprint density at radius 1 is 1.06 bits per heavy atom. The molecule has 1 aliphatic rings. The molecule has 1 heterocycles. The smallest absolute Gasteiger partial charge is 0.428 e. The quantitative estimate of drug-likeness (QED) is 0.390. The minimum absolute atomic E-state index is 0.178. The summed E-state index contributed by atoms with van der Waals surface area (Å²) in [6.45, 7) is 4.46. The molecule has 32 heavy (non-hydrogen) atoms. The van der Waals surface area contributed by atoms with Crippen LogP contribution in [-0.4, -0.2) is 47.4 Å². The van der Waals surface area contributed by atoms with E-state index in [9.17, 15) is 19.5 Å². The Balaban J connectivity index is 1.92. The van der Waals surface area contributed by atoms with Crippen molar-refractivity contribution in [2.24, 2.45) is 0 Å². The van der Waals surface area contributed by atoms with Gasteiger partial charge in [-0.05, 0) is 56.7 Å². The number of hydrogen-bond donors (Lipinski definition) is 1. The number of carbonyl (C=O) groups is 3. The third-order valence-corrected chi connectivity index (χ3v) is 5.66. The number of nitrogens with zero attached hydrogens (tertiary/aromatic N) is 2. The van der Waals surface area contributed by atoms with E-state index >= 15 is 0 Å². The summed E-state index contributed by atoms with van der Waals surface area (Å²) >= 11 is 12.0. The van der Waals surface area contributed by atoms with E-state index in [0.29, 0.717) is 5.56 Å². The molecule has 1 N–H and O–H groups in total. The topological polar surface area (TPSA) is 96.4 Å². The fourth-order valence-corrected chi connectivity index (χ4v) is 3.62. The zero-order valence-electron chi connectivity index (χ0n) is 17.9. The van der Waals surface area contributed by atoms with Gasteiger partial charge in [0, 0.05) is 7.05 Å². The number of anilines is 1. The van der Waals surface area contributed by atoms with Gasteiger partial charge in [0.1, 0.15) is 11.4 Å². The number of benzene rings is 2. The van der Waals surface area contributed by atoms with Gasteiger partial charge in [-0.3, -0.25) is 4.79 Å². The van der Waals surface area contributed by atoms with Gasteiger partial charge in [0.15, 0.2) is 5.54 Å². The lowest BCUT2D eigenvalue weighted by molar-refractivity contribution is -0.127. The molecule has 3 amide bonds. The SMILES string of the molecule is CN1C(=O)N(c2ccc(Cl)c(Cl)c2)C(=O)C1(CO)c1ccc(OC(=O)OC(C)(C)C)cc1. The monoisotopic (exact) mass is 480 g/mol. The Morgan fingerprint density at radius 2 is 1.69 bits per heavy atom. The second kappa shape index (κ2) is 8.61. The second-order valence-electron chi connectivity index (χ2n) is 8.19. The molecule has 0 saturated carbocycles. The van der Waals surface area contributed by atoms with E-state index in [2.05, 4.69) is 0 Å². The highest BCUT2D eigenvalue weighted by Gasteiger charge is 2.57. The first kappa shape index (κ1) is 23.8. The lowest BCUT2D eigenvalue weighted by Crippen LogP contribution is -2.48. The molecule has 1 saturated heterocycles. The van der Waals surface area contributed by atoms with E-state index in [-0.39, 0.29) is 21.5 Å². The normalized spacial score (nSPS) is 18.8. The molecule has 1 fully saturated rings. The second-order valence-corrected chi connectivity index (χ2v) is 9.00. The molecule has 0 radical (unpaired) electrons. The van der Waals surface area contributed by atoms with Crippen molar-refractivity contribution in [2.75, 3.05) is 18.6 Å². The van der Waals surface area contributed by atoms with Crippen molar-refractivity contribution in [3.05, 3.63) is 58.1 Å². The standard InChI is InChI=1S/C22H22Cl2N2O6/c1-21(2,3)32-20(30)31-15-8-5-13(6-9-15)22(12-27)18(28)26(19(29)25(22)4)14-7-10-16(23)17(24)11-14/h5-11,27H,12H2,1-4H3. The van der Waals surface area contributed by atoms with Gasteiger partial charge in [0.05, 0.1) is 22.3 Å². The highest BCUT2D eigenvalue weighted by atomic mass is 35.5. The number of aliphatic hydroxyl groups is 1. The maximum Gasteiger partial charge on any atom is 0.514 e. The van der Waals surface area contributed by atoms with Crippen molar-refractivity contribution >= 4 is 47.0 Å². The van der Waals surface area contributed by atoms with Gasteiger partial charge in [-0.15, -0.1) is 0 Å². The average Bonchev–Trinajstić information content (AvgIpc) is 2.89. The van der Waals surface area contributed by atoms with E-state index in [4.69, 9.17) is 32.7 Å². The van der Waals surface area contributed by atoms with Crippen LogP contribution in [0, 0.1) is 0 Å². The number of imide groups is 1. The minimum atomic E-state index is -1.67. The first-order valence-corrected chi connectivity index (χ1v) is 10.4. The highest BCUT2D eigenvalue weighted by Crippen LogP contribution is 2.40. The largest absolute Gasteiger partial charge is 0.514 e. The molecular formula is C22H22Cl2N2O6. The maximum atomic E-state index is 13.4. The van der Waals surface area contributed by atoms with Gasteiger partial charge in [-0.25, -0.2) is 14.5 Å². The molecule has 3 rings (SSSR count). The van der Waals surface area contributed by atoms with Crippen molar-refractivity contribution < 1.29 is 29.0 Å². The van der Waals surface area contributed by atoms with Crippen LogP contribution in [0.15, 0.2) is 42.5 Å². The van der Waals surface area contributed by atoms with Crippen LogP contribution in [0.25, 0.3) is 0 Å². The van der Waals surface area contributed by atoms with Gasteiger partial charge in [-0.2, -0.15) is 0 Å². The van der Waals surface area contributed by atoms with Crippen molar-refractivity contribution in [1.29, 1.82) is 0 Å². The molecule has 170 valence electrons. The summed E-state index contributed by atoms with van der Waals surface area (Å²) in [6.07, 6.45) is -0.878. The maximum absolute atomic E-state index is 13.4. The molecule has 0 spiro atoms. The number of likely N-dealkylation sites (N-methyl/N-ethyl adjacent to an activating group) is 1. The van der Waals surface area contributed by atoms with E-state index in [1.165, 1.54) is 49.5 Å². The first-order valence-electron chi connectivity index (χ1n) is 9.60. The van der Waals surface area contributed by atoms with Gasteiger partial charge in [-0.1, -0.05) is 35.3 Å². The zero-order chi connectivity index (χ0) is 23.8. The molecule has 1 unspecified atom stereocenters. The summed E-state index contributed by atoms with van der Waals surface area (Å²) in [6, 6.07) is 9.61. The van der Waals surface area contributed by atoms with Crippen LogP contribution in [0.5, 0.6) is 5.75 Å². The Labute approximate surface area is 195 Å². The highest BCUT2D eigenvalue weighted by molar-refractivity contribution is 6.42. The fraction of sp³-hybridized carbons (Fsp3) is 0.318. The van der Waals surface area contributed by atoms with E-state index in [1.54, 1.807) is 20.8 Å². The summed E-state index contributed by atoms with van der Waals surface area (Å²) in [5.41, 5.74) is -1.83. The minimum Gasteiger partial charge on any atom is -0.428 e. The van der Waals surface area contributed by atoms with Crippen LogP contribution in [0.1, 0.15) is 26.3 Å². The van der Waals surface area contributed by atoms with E-state index < -0.39 is 35.8 Å². The Bertz CT molecular complexity index is 1070. The summed E-state index contributed by atoms with van der Waals surface area (Å²) in [4.78, 5) is 40.3. The number of halogens is 2. The Hall–Kier alpha value is -2.81. The molecule has 2 aromatic rings. The number of amides is 3. The zero-order valence-corrected chi connectivity index (χ0v) is 19.4. The summed E-state index contributed by atoms with van der Waals surface area (Å²) in [7, 11) is 1.42. The first-order chi connectivity index (χ1) is 14.9. The molecule has 0 aliphatic carbocycles. The third kappa shape index (κ3) is 4.26. The van der Waals surface area contributed by atoms with Crippen LogP contribution < -0.4 is 9.64 Å². The lowest BCUT2D eigenvalue weighted by atomic mass is 9.89. The van der Waals surface area contributed by atoms with Crippen LogP contribution in [0.4, 0.5) is 15.3 Å². The molecule has 10 heteroatoms. The molecule has 2 aromatic carbocycles. The predicted octanol–water partition coefficient (Wildman–Crippen LogP) is 4.59. The Morgan fingerprint density at radius 3 is 2.22 bits per heavy atom. The van der Waals surface area contributed by atoms with Gasteiger partial charge in [0.25, 0.3) is 5.91 Å². The van der Waals surface area contributed by atoms with Gasteiger partial charge in [0.2, 0.25) is 0 Å². The van der Waals surface area contributed by atoms with E-state index in [1.807, 2.05) is 0 Å². The number of hydrogen-bond acceptors (Lipinski definition) is 6. The third-order valence-electron chi connectivity index (χ3n) is 4.92. The number of rotatable bonds is 4. The summed E-state index contributed by atoms with van der Waals surface area (Å²) in [5.74, 6) is -0.483. The molecule has 8 nitrogen and oxygen atoms in total. The van der Waals surface area contributed by atoms with Gasteiger partial charge < -0.3 is 19.5 Å². The van der Waals surface area contributed by atoms with E-state index in [0.717, 1.165) is 9.80 Å². The number of ether oxygens (including phenoxy) is 2. The van der Waals surface area contributed by atoms with Crippen LogP contribution >= 0.6 is 23.2 Å². The van der Waals surface area contributed by atoms with Crippen molar-refractivity contribution in [1.82, 2.24) is 4.90 Å². The number of carbonyl (C=O) groups excluding carboxylic acids is 3. The fourth-order valence-electron chi connectivity index (χ4n) is 3.33. The predicted molar refractivity (Wildman–Crippen MR) is 119 cm³/mol. The van der Waals surface area contributed by atoms with Crippen LogP contribution in [-0.2, 0) is 15.1 Å². The summed E-state index contributed by atoms with van der Waals surface area (Å²) in [5, 5.41) is 10.7. The molecule has 0 aromatic heterocycles. The number of urea groups is 1. The average molecular weight is 481 g/mol. The Kier molecular flexibility index (Phi) is 6.42. The van der Waals surface area contributed by atoms with Crippen molar-refractivity contribution in [3.63, 3.8) is 0 Å². The number of aliphatic hydroxyl groups excluding tert-OH is 1.